The number of hydrogen-bond donors (Lipinski definition) is 1. The van der Waals surface area contributed by atoms with Gasteiger partial charge < -0.3 is 14.6 Å². The molecule has 1 aliphatic heterocycles. The van der Waals surface area contributed by atoms with Gasteiger partial charge in [0.15, 0.2) is 0 Å². The average molecular weight is 331 g/mol. The Balaban J connectivity index is 1.50. The summed E-state index contributed by atoms with van der Waals surface area (Å²) in [6.45, 7) is 0.672. The molecular weight excluding hydrogens is 307 g/mol. The molecule has 3 rings (SSSR count). The number of imidazole rings is 1. The Morgan fingerprint density at radius 1 is 1.17 bits per heavy atom. The van der Waals surface area contributed by atoms with Gasteiger partial charge in [-0.05, 0) is 38.5 Å². The molecule has 7 heteroatoms. The quantitative estimate of drug-likeness (QED) is 0.923. The van der Waals surface area contributed by atoms with E-state index in [9.17, 15) is 13.2 Å². The maximum atomic E-state index is 12.7. The van der Waals surface area contributed by atoms with Crippen LogP contribution in [0.5, 0.6) is 0 Å². The van der Waals surface area contributed by atoms with E-state index >= 15 is 0 Å². The summed E-state index contributed by atoms with van der Waals surface area (Å²) in [6, 6.07) is 0.500. The zero-order valence-corrected chi connectivity index (χ0v) is 13.4. The predicted molar refractivity (Wildman–Crippen MR) is 79.9 cm³/mol. The van der Waals surface area contributed by atoms with Crippen molar-refractivity contribution in [1.82, 2.24) is 14.9 Å². The minimum absolute atomic E-state index is 0.0141. The monoisotopic (exact) mass is 331 g/mol. The van der Waals surface area contributed by atoms with Crippen LogP contribution in [0.3, 0.4) is 0 Å². The Kier molecular flexibility index (Phi) is 4.96. The molecule has 1 aliphatic carbocycles. The Labute approximate surface area is 134 Å². The van der Waals surface area contributed by atoms with Gasteiger partial charge >= 0.3 is 6.18 Å². The summed E-state index contributed by atoms with van der Waals surface area (Å²) < 4.78 is 46.0. The Morgan fingerprint density at radius 3 is 2.52 bits per heavy atom. The number of alkyl halides is 3. The molecule has 0 amide bonds. The highest BCUT2D eigenvalue weighted by atomic mass is 19.4. The molecule has 1 saturated heterocycles. The molecule has 1 aromatic rings. The molecule has 1 saturated carbocycles. The summed E-state index contributed by atoms with van der Waals surface area (Å²) in [6.07, 6.45) is 3.03. The van der Waals surface area contributed by atoms with E-state index < -0.39 is 12.1 Å². The molecule has 1 N–H and O–H groups in total. The largest absolute Gasteiger partial charge is 0.391 e. The molecule has 2 aliphatic rings. The molecule has 0 unspecified atom stereocenters. The third-order valence-corrected chi connectivity index (χ3v) is 5.13. The fraction of sp³-hybridized carbons (Fsp3) is 0.812. The Hall–Kier alpha value is -1.08. The van der Waals surface area contributed by atoms with Crippen molar-refractivity contribution in [3.05, 3.63) is 18.2 Å². The highest BCUT2D eigenvalue weighted by molar-refractivity contribution is 5.04. The van der Waals surface area contributed by atoms with Gasteiger partial charge in [-0.1, -0.05) is 0 Å². The van der Waals surface area contributed by atoms with Crippen LogP contribution in [0, 0.1) is 5.92 Å². The molecular formula is C16H24F3N3O. The van der Waals surface area contributed by atoms with Crippen LogP contribution in [-0.4, -0.2) is 34.4 Å². The van der Waals surface area contributed by atoms with Gasteiger partial charge in [0.05, 0.1) is 24.1 Å². The van der Waals surface area contributed by atoms with Gasteiger partial charge in [0.1, 0.15) is 6.10 Å². The summed E-state index contributed by atoms with van der Waals surface area (Å²) >= 11 is 0. The lowest BCUT2D eigenvalue weighted by molar-refractivity contribution is -0.182. The first-order valence-corrected chi connectivity index (χ1v) is 8.34. The van der Waals surface area contributed by atoms with E-state index in [-0.39, 0.29) is 25.0 Å². The fourth-order valence-electron chi connectivity index (χ4n) is 3.75. The van der Waals surface area contributed by atoms with Crippen LogP contribution in [0.2, 0.25) is 0 Å². The number of aromatic nitrogens is 2. The third kappa shape index (κ3) is 4.07. The van der Waals surface area contributed by atoms with Crippen molar-refractivity contribution in [1.29, 1.82) is 0 Å². The van der Waals surface area contributed by atoms with Crippen molar-refractivity contribution < 1.29 is 17.9 Å². The van der Waals surface area contributed by atoms with Crippen LogP contribution in [-0.2, 0) is 11.8 Å². The number of rotatable bonds is 3. The topological polar surface area (TPSA) is 39.1 Å². The minimum Gasteiger partial charge on any atom is -0.372 e. The van der Waals surface area contributed by atoms with Crippen molar-refractivity contribution in [2.24, 2.45) is 13.0 Å². The molecule has 130 valence electrons. The first-order valence-electron chi connectivity index (χ1n) is 8.34. The molecule has 4 nitrogen and oxygen atoms in total. The average Bonchev–Trinajstić information content (AvgIpc) is 2.93. The number of nitrogens with zero attached hydrogens (tertiary/aromatic N) is 2. The minimum atomic E-state index is -4.03. The molecule has 23 heavy (non-hydrogen) atoms. The van der Waals surface area contributed by atoms with E-state index in [2.05, 4.69) is 10.3 Å². The lowest BCUT2D eigenvalue weighted by Gasteiger charge is -2.36. The summed E-state index contributed by atoms with van der Waals surface area (Å²) in [7, 11) is 1.95. The van der Waals surface area contributed by atoms with Crippen LogP contribution in [0.4, 0.5) is 13.2 Å². The Morgan fingerprint density at radius 2 is 1.91 bits per heavy atom. The molecule has 2 heterocycles. The van der Waals surface area contributed by atoms with Gasteiger partial charge in [0.2, 0.25) is 0 Å². The van der Waals surface area contributed by atoms with Gasteiger partial charge in [-0.2, -0.15) is 13.2 Å². The Bertz CT molecular complexity index is 509. The summed E-state index contributed by atoms with van der Waals surface area (Å²) in [5.41, 5.74) is 1.05. The third-order valence-electron chi connectivity index (χ3n) is 5.13. The molecule has 0 radical (unpaired) electrons. The first kappa shape index (κ1) is 16.8. The predicted octanol–water partition coefficient (Wildman–Crippen LogP) is 3.35. The number of halogens is 3. The van der Waals surface area contributed by atoms with Crippen LogP contribution < -0.4 is 5.32 Å². The summed E-state index contributed by atoms with van der Waals surface area (Å²) in [4.78, 5) is 4.12. The van der Waals surface area contributed by atoms with Gasteiger partial charge in [-0.15, -0.1) is 0 Å². The van der Waals surface area contributed by atoms with E-state index in [0.29, 0.717) is 25.5 Å². The lowest BCUT2D eigenvalue weighted by atomic mass is 9.85. The highest BCUT2D eigenvalue weighted by Gasteiger charge is 2.41. The van der Waals surface area contributed by atoms with E-state index in [0.717, 1.165) is 18.5 Å². The first-order chi connectivity index (χ1) is 10.9. The van der Waals surface area contributed by atoms with Crippen molar-refractivity contribution in [3.8, 4) is 0 Å². The maximum absolute atomic E-state index is 12.7. The number of nitrogens with one attached hydrogen (secondary N) is 1. The fourth-order valence-corrected chi connectivity index (χ4v) is 3.75. The zero-order valence-electron chi connectivity index (χ0n) is 13.4. The number of aryl methyl sites for hydroxylation is 1. The van der Waals surface area contributed by atoms with E-state index in [1.165, 1.54) is 0 Å². The van der Waals surface area contributed by atoms with Gasteiger partial charge in [-0.3, -0.25) is 0 Å². The van der Waals surface area contributed by atoms with Crippen LogP contribution in [0.1, 0.15) is 50.3 Å². The smallest absolute Gasteiger partial charge is 0.372 e. The van der Waals surface area contributed by atoms with Crippen molar-refractivity contribution in [2.75, 3.05) is 6.61 Å². The van der Waals surface area contributed by atoms with Crippen LogP contribution in [0.25, 0.3) is 0 Å². The van der Waals surface area contributed by atoms with Crippen molar-refractivity contribution in [3.63, 3.8) is 0 Å². The van der Waals surface area contributed by atoms with E-state index in [1.807, 2.05) is 17.8 Å². The standard InChI is InChI=1S/C16H24F3N3O/c1-22-10-20-9-14(22)15-8-13(6-7-23-15)21-12-4-2-11(3-5-12)16(17,18)19/h9-13,15,21H,2-8H2,1H3/t11?,12?,13-,15-/m1/s1. The second kappa shape index (κ2) is 6.81. The summed E-state index contributed by atoms with van der Waals surface area (Å²) in [5.74, 6) is -1.11. The maximum Gasteiger partial charge on any atom is 0.391 e. The van der Waals surface area contributed by atoms with Gasteiger partial charge in [-0.25, -0.2) is 4.98 Å². The number of ether oxygens (including phenoxy) is 1. The van der Waals surface area contributed by atoms with Crippen LogP contribution in [0.15, 0.2) is 12.5 Å². The molecule has 1 aromatic heterocycles. The molecule has 2 atom stereocenters. The normalized spacial score (nSPS) is 32.9. The van der Waals surface area contributed by atoms with E-state index in [4.69, 9.17) is 4.74 Å². The zero-order chi connectivity index (χ0) is 16.4. The van der Waals surface area contributed by atoms with Gasteiger partial charge in [0.25, 0.3) is 0 Å². The highest BCUT2D eigenvalue weighted by Crippen LogP contribution is 2.38. The van der Waals surface area contributed by atoms with Gasteiger partial charge in [0, 0.05) is 25.7 Å². The van der Waals surface area contributed by atoms with E-state index in [1.54, 1.807) is 6.33 Å². The molecule has 0 bridgehead atoms. The summed E-state index contributed by atoms with van der Waals surface area (Å²) in [5, 5.41) is 3.56. The second-order valence-electron chi connectivity index (χ2n) is 6.77. The second-order valence-corrected chi connectivity index (χ2v) is 6.77. The molecule has 2 fully saturated rings. The SMILES string of the molecule is Cn1cncc1[C@H]1C[C@H](NC2CCC(C(F)(F)F)CC2)CCO1. The lowest BCUT2D eigenvalue weighted by Crippen LogP contribution is -2.45. The van der Waals surface area contributed by atoms with Crippen LogP contribution >= 0.6 is 0 Å². The molecule has 0 spiro atoms. The number of hydrogen-bond acceptors (Lipinski definition) is 3. The van der Waals surface area contributed by atoms with Crippen molar-refractivity contribution >= 4 is 0 Å². The molecule has 0 aromatic carbocycles. The van der Waals surface area contributed by atoms with Crippen molar-refractivity contribution in [2.45, 2.75) is 62.9 Å².